The smallest absolute Gasteiger partial charge is 0.206 e. The van der Waals surface area contributed by atoms with Gasteiger partial charge in [0.1, 0.15) is 0 Å². The highest BCUT2D eigenvalue weighted by molar-refractivity contribution is 5.99. The third-order valence-corrected chi connectivity index (χ3v) is 6.11. The van der Waals surface area contributed by atoms with Crippen LogP contribution >= 0.6 is 0 Å². The number of rotatable bonds is 10. The van der Waals surface area contributed by atoms with Gasteiger partial charge in [-0.25, -0.2) is 4.39 Å². The van der Waals surface area contributed by atoms with Gasteiger partial charge >= 0.3 is 0 Å². The highest BCUT2D eigenvalue weighted by Gasteiger charge is 2.30. The van der Waals surface area contributed by atoms with Crippen LogP contribution in [0.1, 0.15) is 53.3 Å². The number of likely N-dealkylation sites (tertiary alicyclic amines) is 1. The fourth-order valence-electron chi connectivity index (χ4n) is 4.05. The van der Waals surface area contributed by atoms with Crippen molar-refractivity contribution in [1.82, 2.24) is 10.2 Å². The molecule has 2 fully saturated rings. The van der Waals surface area contributed by atoms with Crippen LogP contribution in [0.2, 0.25) is 0 Å². The number of halogens is 1. The molecular weight excluding hydrogens is 423 g/mol. The summed E-state index contributed by atoms with van der Waals surface area (Å²) in [7, 11) is 0. The van der Waals surface area contributed by atoms with E-state index in [0.717, 1.165) is 38.8 Å². The monoisotopic (exact) mass is 452 g/mol. The first-order valence-corrected chi connectivity index (χ1v) is 11.4. The Morgan fingerprint density at radius 2 is 1.88 bits per heavy atom. The van der Waals surface area contributed by atoms with Gasteiger partial charge in [0.05, 0.1) is 18.2 Å². The van der Waals surface area contributed by atoms with Crippen LogP contribution in [-0.2, 0) is 0 Å². The Morgan fingerprint density at radius 3 is 2.48 bits per heavy atom. The topological polar surface area (TPSA) is 82.0 Å². The van der Waals surface area contributed by atoms with Gasteiger partial charge in [-0.05, 0) is 68.6 Å². The molecule has 7 heteroatoms. The summed E-state index contributed by atoms with van der Waals surface area (Å²) in [5.74, 6) is 1.58. The van der Waals surface area contributed by atoms with Gasteiger partial charge in [-0.15, -0.1) is 6.42 Å². The van der Waals surface area contributed by atoms with E-state index in [1.54, 1.807) is 30.3 Å². The van der Waals surface area contributed by atoms with E-state index in [-0.39, 0.29) is 11.9 Å². The number of carbonyl (C=O) groups is 1. The summed E-state index contributed by atoms with van der Waals surface area (Å²) in [6.07, 6.45) is 6.68. The van der Waals surface area contributed by atoms with Crippen molar-refractivity contribution in [2.75, 3.05) is 19.6 Å². The van der Waals surface area contributed by atoms with Crippen LogP contribution < -0.4 is 10.1 Å². The second-order valence-corrected chi connectivity index (χ2v) is 8.72. The minimum atomic E-state index is -1.54. The highest BCUT2D eigenvalue weighted by atomic mass is 19.1. The molecule has 1 saturated heterocycles. The number of aliphatic hydroxyl groups is 2. The number of terminal acetylenes is 1. The number of nitrogens with one attached hydrogen (secondary N) is 1. The molecule has 0 bridgehead atoms. The second-order valence-electron chi connectivity index (χ2n) is 8.72. The quantitative estimate of drug-likeness (QED) is 0.292. The molecule has 2 aromatic rings. The van der Waals surface area contributed by atoms with Crippen molar-refractivity contribution in [2.45, 2.75) is 50.2 Å². The van der Waals surface area contributed by atoms with Gasteiger partial charge in [-0.2, -0.15) is 0 Å². The Kier molecular flexibility index (Phi) is 7.41. The van der Waals surface area contributed by atoms with Crippen LogP contribution in [0.3, 0.4) is 0 Å². The first kappa shape index (κ1) is 23.4. The molecule has 1 aliphatic carbocycles. The maximum atomic E-state index is 14.6. The number of ether oxygens (including phenoxy) is 1. The fourth-order valence-corrected chi connectivity index (χ4v) is 4.05. The second kappa shape index (κ2) is 10.4. The van der Waals surface area contributed by atoms with Crippen LogP contribution in [-0.4, -0.2) is 58.9 Å². The van der Waals surface area contributed by atoms with Crippen LogP contribution in [0.15, 0.2) is 42.5 Å². The molecule has 2 aliphatic rings. The number of Topliss-reactive ketones (excluding diaryl/α,β-unsaturated/α-hetero) is 1. The molecule has 33 heavy (non-hydrogen) atoms. The van der Waals surface area contributed by atoms with Crippen molar-refractivity contribution in [3.63, 3.8) is 0 Å². The third kappa shape index (κ3) is 5.98. The number of aliphatic hydroxyl groups excluding tert-OH is 2. The summed E-state index contributed by atoms with van der Waals surface area (Å²) in [5, 5.41) is 24.6. The number of hydrogen-bond donors (Lipinski definition) is 3. The van der Waals surface area contributed by atoms with E-state index in [4.69, 9.17) is 11.2 Å². The van der Waals surface area contributed by atoms with Crippen molar-refractivity contribution in [2.24, 2.45) is 0 Å². The zero-order chi connectivity index (χ0) is 23.4. The Labute approximate surface area is 193 Å². The largest absolute Gasteiger partial charge is 0.487 e. The van der Waals surface area contributed by atoms with Crippen molar-refractivity contribution >= 4 is 5.78 Å². The van der Waals surface area contributed by atoms with Crippen molar-refractivity contribution in [3.05, 3.63) is 65.0 Å². The van der Waals surface area contributed by atoms with Crippen LogP contribution in [0.5, 0.6) is 5.75 Å². The van der Waals surface area contributed by atoms with Crippen molar-refractivity contribution in [1.29, 1.82) is 0 Å². The summed E-state index contributed by atoms with van der Waals surface area (Å²) < 4.78 is 20.1. The molecular formula is C26H29FN2O4. The van der Waals surface area contributed by atoms with Gasteiger partial charge < -0.3 is 19.8 Å². The van der Waals surface area contributed by atoms with E-state index >= 15 is 0 Å². The summed E-state index contributed by atoms with van der Waals surface area (Å²) in [6, 6.07) is 10.1. The zero-order valence-electron chi connectivity index (χ0n) is 18.4. The molecule has 4 rings (SSSR count). The normalized spacial score (nSPS) is 19.0. The predicted molar refractivity (Wildman–Crippen MR) is 122 cm³/mol. The molecule has 1 saturated carbocycles. The van der Waals surface area contributed by atoms with E-state index in [1.165, 1.54) is 12.1 Å². The van der Waals surface area contributed by atoms with E-state index in [0.29, 0.717) is 23.2 Å². The number of hydrogen-bond acceptors (Lipinski definition) is 6. The summed E-state index contributed by atoms with van der Waals surface area (Å²) >= 11 is 0. The number of carbonyl (C=O) groups excluding carboxylic acids is 1. The lowest BCUT2D eigenvalue weighted by Gasteiger charge is -2.30. The van der Waals surface area contributed by atoms with Gasteiger partial charge in [0.15, 0.2) is 17.8 Å². The molecule has 2 aromatic carbocycles. The molecule has 6 nitrogen and oxygen atoms in total. The summed E-state index contributed by atoms with van der Waals surface area (Å²) in [6.45, 7) is 2.14. The predicted octanol–water partition coefficient (Wildman–Crippen LogP) is 2.64. The van der Waals surface area contributed by atoms with Crippen LogP contribution in [0, 0.1) is 18.2 Å². The average molecular weight is 453 g/mol. The molecule has 3 atom stereocenters. The first-order chi connectivity index (χ1) is 15.9. The van der Waals surface area contributed by atoms with Crippen LogP contribution in [0.25, 0.3) is 0 Å². The van der Waals surface area contributed by atoms with Crippen molar-refractivity contribution < 1.29 is 24.1 Å². The van der Waals surface area contributed by atoms with Gasteiger partial charge in [-0.3, -0.25) is 10.1 Å². The molecule has 3 N–H and O–H groups in total. The number of nitrogens with zero attached hydrogens (tertiary/aromatic N) is 1. The van der Waals surface area contributed by atoms with E-state index < -0.39 is 30.0 Å². The standard InChI is InChI=1S/C26H29FN2O4/c1-2-17-5-7-18(8-6-17)25(31)26(32)28-22(16-29-13-3-4-14-29)24(30)19-9-12-23(21(27)15-19)33-20-10-11-20/h1,5-9,12,15,20,22,24,26,28,30,32H,3-4,10-11,13-14,16H2/t22-,24-,26?/m1/s1. The SMILES string of the molecule is C#Cc1ccc(C(=O)C(O)N[C@H](CN2CCCC2)[C@H](O)c2ccc(OC3CC3)c(F)c2)cc1. The molecule has 0 aromatic heterocycles. The number of ketones is 1. The van der Waals surface area contributed by atoms with E-state index in [2.05, 4.69) is 16.1 Å². The molecule has 1 heterocycles. The first-order valence-electron chi connectivity index (χ1n) is 11.4. The third-order valence-electron chi connectivity index (χ3n) is 6.11. The lowest BCUT2D eigenvalue weighted by molar-refractivity contribution is 0.0425. The molecule has 0 radical (unpaired) electrons. The molecule has 0 amide bonds. The zero-order valence-corrected chi connectivity index (χ0v) is 18.4. The molecule has 1 aliphatic heterocycles. The maximum Gasteiger partial charge on any atom is 0.206 e. The lowest BCUT2D eigenvalue weighted by atomic mass is 10.00. The van der Waals surface area contributed by atoms with Gasteiger partial charge in [0.2, 0.25) is 5.78 Å². The molecule has 1 unspecified atom stereocenters. The Hall–Kier alpha value is -2.76. The van der Waals surface area contributed by atoms with Gasteiger partial charge in [0, 0.05) is 17.7 Å². The van der Waals surface area contributed by atoms with Gasteiger partial charge in [-0.1, -0.05) is 24.1 Å². The van der Waals surface area contributed by atoms with E-state index in [9.17, 15) is 19.4 Å². The highest BCUT2D eigenvalue weighted by Crippen LogP contribution is 2.30. The summed E-state index contributed by atoms with van der Waals surface area (Å²) in [5.41, 5.74) is 1.29. The van der Waals surface area contributed by atoms with E-state index in [1.807, 2.05) is 0 Å². The molecule has 174 valence electrons. The van der Waals surface area contributed by atoms with Crippen LogP contribution in [0.4, 0.5) is 4.39 Å². The Balaban J connectivity index is 1.49. The minimum absolute atomic E-state index is 0.0655. The molecule has 0 spiro atoms. The number of benzene rings is 2. The van der Waals surface area contributed by atoms with Gasteiger partial charge in [0.25, 0.3) is 0 Å². The fraction of sp³-hybridized carbons (Fsp3) is 0.423. The Morgan fingerprint density at radius 1 is 1.18 bits per heavy atom. The van der Waals surface area contributed by atoms with Crippen molar-refractivity contribution in [3.8, 4) is 18.1 Å². The lowest BCUT2D eigenvalue weighted by Crippen LogP contribution is -2.51. The minimum Gasteiger partial charge on any atom is -0.487 e. The maximum absolute atomic E-state index is 14.6. The summed E-state index contributed by atoms with van der Waals surface area (Å²) in [4.78, 5) is 14.9. The average Bonchev–Trinajstić information content (AvgIpc) is 3.50. The Bertz CT molecular complexity index is 1010.